The molecule has 0 bridgehead atoms. The van der Waals surface area contributed by atoms with Crippen LogP contribution in [0.5, 0.6) is 0 Å². The fourth-order valence-electron chi connectivity index (χ4n) is 2.47. The van der Waals surface area contributed by atoms with Crippen LogP contribution in [-0.2, 0) is 6.42 Å². The van der Waals surface area contributed by atoms with Crippen LogP contribution in [0.3, 0.4) is 0 Å². The highest BCUT2D eigenvalue weighted by Gasteiger charge is 2.24. The summed E-state index contributed by atoms with van der Waals surface area (Å²) in [7, 11) is 0. The zero-order valence-corrected chi connectivity index (χ0v) is 13.3. The van der Waals surface area contributed by atoms with Crippen molar-refractivity contribution in [2.24, 2.45) is 0 Å². The van der Waals surface area contributed by atoms with Crippen molar-refractivity contribution in [2.75, 3.05) is 6.54 Å². The van der Waals surface area contributed by atoms with E-state index in [-0.39, 0.29) is 0 Å². The molecule has 0 saturated carbocycles. The lowest BCUT2D eigenvalue weighted by Gasteiger charge is -2.22. The predicted octanol–water partition coefficient (Wildman–Crippen LogP) is 4.90. The van der Waals surface area contributed by atoms with Crippen molar-refractivity contribution in [1.82, 2.24) is 10.3 Å². The largest absolute Gasteiger partial charge is 0.309 e. The summed E-state index contributed by atoms with van der Waals surface area (Å²) in [6.45, 7) is 3.28. The molecule has 0 saturated heterocycles. The molecule has 2 heterocycles. The van der Waals surface area contributed by atoms with E-state index in [1.807, 2.05) is 22.8 Å². The Morgan fingerprint density at radius 1 is 1.53 bits per heavy atom. The number of aryl methyl sites for hydroxylation is 1. The van der Waals surface area contributed by atoms with Crippen LogP contribution in [0, 0.1) is 0 Å². The number of fused-ring (bicyclic) bond motifs is 1. The maximum absolute atomic E-state index is 6.01. The van der Waals surface area contributed by atoms with E-state index in [0.29, 0.717) is 6.04 Å². The molecule has 0 fully saturated rings. The van der Waals surface area contributed by atoms with E-state index in [1.54, 1.807) is 11.3 Å². The minimum atomic E-state index is 0.448. The second kappa shape index (κ2) is 5.92. The van der Waals surface area contributed by atoms with Gasteiger partial charge in [0.2, 0.25) is 0 Å². The number of thiophene rings is 1. The molecule has 0 spiro atoms. The van der Waals surface area contributed by atoms with Crippen LogP contribution in [0.2, 0.25) is 5.02 Å². The van der Waals surface area contributed by atoms with Gasteiger partial charge in [-0.15, -0.1) is 22.7 Å². The Bertz CT molecular complexity index is 562. The maximum Gasteiger partial charge on any atom is 0.134 e. The fourth-order valence-corrected chi connectivity index (χ4v) is 4.77. The van der Waals surface area contributed by atoms with Crippen LogP contribution < -0.4 is 5.32 Å². The lowest BCUT2D eigenvalue weighted by Crippen LogP contribution is -2.25. The summed E-state index contributed by atoms with van der Waals surface area (Å²) < 4.78 is 0. The smallest absolute Gasteiger partial charge is 0.134 e. The number of halogens is 1. The zero-order chi connectivity index (χ0) is 13.2. The number of aromatic nitrogens is 1. The van der Waals surface area contributed by atoms with Crippen molar-refractivity contribution in [2.45, 2.75) is 38.6 Å². The number of hydrogen-bond acceptors (Lipinski definition) is 4. The molecule has 2 aromatic heterocycles. The molecule has 1 N–H and O–H groups in total. The SMILES string of the molecule is CCCNC1CCCc2sc(-c3cc(Cl)cs3)nc21. The number of nitrogens with one attached hydrogen (secondary N) is 1. The van der Waals surface area contributed by atoms with Crippen LogP contribution in [-0.4, -0.2) is 11.5 Å². The molecule has 1 aliphatic carbocycles. The molecule has 2 aromatic rings. The summed E-state index contributed by atoms with van der Waals surface area (Å²) in [4.78, 5) is 7.53. The van der Waals surface area contributed by atoms with Crippen molar-refractivity contribution < 1.29 is 0 Å². The molecule has 1 aliphatic rings. The van der Waals surface area contributed by atoms with Crippen molar-refractivity contribution in [3.05, 3.63) is 27.0 Å². The summed E-state index contributed by atoms with van der Waals surface area (Å²) in [6.07, 6.45) is 4.82. The summed E-state index contributed by atoms with van der Waals surface area (Å²) in [5, 5.41) is 7.54. The molecule has 2 nitrogen and oxygen atoms in total. The molecule has 19 heavy (non-hydrogen) atoms. The van der Waals surface area contributed by atoms with E-state index >= 15 is 0 Å². The van der Waals surface area contributed by atoms with Gasteiger partial charge < -0.3 is 5.32 Å². The highest BCUT2D eigenvalue weighted by Crippen LogP contribution is 2.39. The quantitative estimate of drug-likeness (QED) is 0.868. The van der Waals surface area contributed by atoms with Crippen molar-refractivity contribution in [3.8, 4) is 9.88 Å². The number of rotatable bonds is 4. The molecular formula is C14H17ClN2S2. The first-order valence-electron chi connectivity index (χ1n) is 6.75. The fraction of sp³-hybridized carbons (Fsp3) is 0.500. The Balaban J connectivity index is 1.88. The third kappa shape index (κ3) is 2.87. The van der Waals surface area contributed by atoms with Gasteiger partial charge in [0.1, 0.15) is 5.01 Å². The maximum atomic E-state index is 6.01. The first kappa shape index (κ1) is 13.6. The molecule has 102 valence electrons. The number of nitrogens with zero attached hydrogens (tertiary/aromatic N) is 1. The Morgan fingerprint density at radius 3 is 3.16 bits per heavy atom. The van der Waals surface area contributed by atoms with E-state index in [4.69, 9.17) is 16.6 Å². The van der Waals surface area contributed by atoms with Gasteiger partial charge in [-0.2, -0.15) is 0 Å². The van der Waals surface area contributed by atoms with Crippen molar-refractivity contribution >= 4 is 34.3 Å². The monoisotopic (exact) mass is 312 g/mol. The Labute approximate surface area is 126 Å². The first-order valence-corrected chi connectivity index (χ1v) is 8.82. The van der Waals surface area contributed by atoms with Gasteiger partial charge in [-0.1, -0.05) is 18.5 Å². The van der Waals surface area contributed by atoms with Gasteiger partial charge in [0, 0.05) is 10.3 Å². The molecule has 0 radical (unpaired) electrons. The van der Waals surface area contributed by atoms with Gasteiger partial charge in [-0.05, 0) is 38.3 Å². The highest BCUT2D eigenvalue weighted by atomic mass is 35.5. The van der Waals surface area contributed by atoms with Gasteiger partial charge in [0.05, 0.1) is 21.6 Å². The van der Waals surface area contributed by atoms with Crippen LogP contribution in [0.15, 0.2) is 11.4 Å². The minimum Gasteiger partial charge on any atom is -0.309 e. The Kier molecular flexibility index (Phi) is 4.22. The summed E-state index contributed by atoms with van der Waals surface area (Å²) >= 11 is 9.53. The summed E-state index contributed by atoms with van der Waals surface area (Å²) in [6, 6.07) is 2.47. The van der Waals surface area contributed by atoms with E-state index in [0.717, 1.165) is 16.6 Å². The van der Waals surface area contributed by atoms with Gasteiger partial charge in [0.15, 0.2) is 0 Å². The average molecular weight is 313 g/mol. The van der Waals surface area contributed by atoms with E-state index in [1.165, 1.54) is 41.1 Å². The Hall–Kier alpha value is -0.420. The van der Waals surface area contributed by atoms with Crippen molar-refractivity contribution in [3.63, 3.8) is 0 Å². The number of hydrogen-bond donors (Lipinski definition) is 1. The van der Waals surface area contributed by atoms with Crippen LogP contribution in [0.1, 0.15) is 42.8 Å². The molecule has 0 amide bonds. The van der Waals surface area contributed by atoms with Crippen LogP contribution in [0.25, 0.3) is 9.88 Å². The van der Waals surface area contributed by atoms with E-state index in [2.05, 4.69) is 12.2 Å². The molecule has 5 heteroatoms. The summed E-state index contributed by atoms with van der Waals surface area (Å²) in [5.74, 6) is 0. The van der Waals surface area contributed by atoms with Gasteiger partial charge in [0.25, 0.3) is 0 Å². The van der Waals surface area contributed by atoms with Gasteiger partial charge in [-0.25, -0.2) is 4.98 Å². The van der Waals surface area contributed by atoms with Crippen LogP contribution >= 0.6 is 34.3 Å². The zero-order valence-electron chi connectivity index (χ0n) is 10.9. The highest BCUT2D eigenvalue weighted by molar-refractivity contribution is 7.21. The molecule has 0 aromatic carbocycles. The third-order valence-corrected chi connectivity index (χ3v) is 5.95. The van der Waals surface area contributed by atoms with E-state index < -0.39 is 0 Å². The molecular weight excluding hydrogens is 296 g/mol. The molecule has 0 aliphatic heterocycles. The minimum absolute atomic E-state index is 0.448. The molecule has 3 rings (SSSR count). The lowest BCUT2D eigenvalue weighted by atomic mass is 9.97. The third-order valence-electron chi connectivity index (χ3n) is 3.37. The summed E-state index contributed by atoms with van der Waals surface area (Å²) in [5.41, 5.74) is 1.28. The first-order chi connectivity index (χ1) is 9.28. The normalized spacial score (nSPS) is 18.5. The second-order valence-corrected chi connectivity index (χ2v) is 7.29. The van der Waals surface area contributed by atoms with Crippen LogP contribution in [0.4, 0.5) is 0 Å². The standard InChI is InChI=1S/C14H17ClN2S2/c1-2-6-16-10-4-3-5-11-13(10)17-14(19-11)12-7-9(15)8-18-12/h7-8,10,16H,2-6H2,1H3. The van der Waals surface area contributed by atoms with Crippen molar-refractivity contribution in [1.29, 1.82) is 0 Å². The molecule has 1 unspecified atom stereocenters. The lowest BCUT2D eigenvalue weighted by molar-refractivity contribution is 0.454. The van der Waals surface area contributed by atoms with Gasteiger partial charge in [-0.3, -0.25) is 0 Å². The Morgan fingerprint density at radius 2 is 2.42 bits per heavy atom. The molecule has 1 atom stereocenters. The van der Waals surface area contributed by atoms with E-state index in [9.17, 15) is 0 Å². The van der Waals surface area contributed by atoms with Gasteiger partial charge >= 0.3 is 0 Å². The number of thiazole rings is 1. The average Bonchev–Trinajstić information content (AvgIpc) is 3.02. The predicted molar refractivity (Wildman–Crippen MR) is 84.4 cm³/mol. The second-order valence-electron chi connectivity index (χ2n) is 4.86. The topological polar surface area (TPSA) is 24.9 Å².